The average molecular weight is 1260 g/mol. The van der Waals surface area contributed by atoms with Crippen molar-refractivity contribution in [2.45, 2.75) is 85.5 Å². The van der Waals surface area contributed by atoms with Crippen LogP contribution in [0.5, 0.6) is 0 Å². The van der Waals surface area contributed by atoms with E-state index < -0.39 is 30.5 Å². The fourth-order valence-corrected chi connectivity index (χ4v) is 7.56. The van der Waals surface area contributed by atoms with Gasteiger partial charge in [0.2, 0.25) is 0 Å². The fraction of sp³-hybridized carbons (Fsp3) is 0.966. The molecule has 0 saturated carbocycles. The minimum absolute atomic E-state index is 0.0574. The molecule has 29 heteroatoms. The van der Waals surface area contributed by atoms with Crippen molar-refractivity contribution < 1.29 is 138 Å². The van der Waals surface area contributed by atoms with Crippen molar-refractivity contribution >= 4 is 0 Å². The van der Waals surface area contributed by atoms with Gasteiger partial charge in [-0.25, -0.2) is 9.78 Å². The van der Waals surface area contributed by atoms with Gasteiger partial charge in [0.05, 0.1) is 264 Å². The Labute approximate surface area is 512 Å². The minimum Gasteiger partial charge on any atom is -0.376 e. The van der Waals surface area contributed by atoms with Gasteiger partial charge in [-0.2, -0.15) is 0 Å². The molecular formula is C58H102O29. The molecule has 0 spiro atoms. The molecule has 8 heterocycles. The summed E-state index contributed by atoms with van der Waals surface area (Å²) in [4.78, 5) is 10.8. The van der Waals surface area contributed by atoms with Crippen molar-refractivity contribution in [1.29, 1.82) is 0 Å². The molecule has 0 bridgehead atoms. The van der Waals surface area contributed by atoms with Crippen LogP contribution >= 0.6 is 0 Å². The monoisotopic (exact) mass is 1260 g/mol. The summed E-state index contributed by atoms with van der Waals surface area (Å²) in [6.07, 6.45) is -1.56. The van der Waals surface area contributed by atoms with E-state index in [9.17, 15) is 0 Å². The second-order valence-electron chi connectivity index (χ2n) is 21.5. The first-order chi connectivity index (χ1) is 43.1. The van der Waals surface area contributed by atoms with Gasteiger partial charge in [-0.1, -0.05) is 0 Å². The first-order valence-electron chi connectivity index (χ1n) is 31.0. The number of rotatable bonds is 68. The van der Waals surface area contributed by atoms with Crippen molar-refractivity contribution in [3.63, 3.8) is 0 Å². The van der Waals surface area contributed by atoms with E-state index in [0.717, 1.165) is 19.8 Å². The second-order valence-corrected chi connectivity index (χ2v) is 21.5. The lowest BCUT2D eigenvalue weighted by Gasteiger charge is -2.24. The fourth-order valence-electron chi connectivity index (χ4n) is 7.56. The summed E-state index contributed by atoms with van der Waals surface area (Å²) >= 11 is 0. The van der Waals surface area contributed by atoms with E-state index in [1.54, 1.807) is 0 Å². The van der Waals surface area contributed by atoms with Crippen LogP contribution in [0, 0.1) is 0 Å². The van der Waals surface area contributed by atoms with Gasteiger partial charge < -0.3 is 128 Å². The minimum atomic E-state index is -0.486. The summed E-state index contributed by atoms with van der Waals surface area (Å²) in [5.74, 6) is 0. The molecule has 14 unspecified atom stereocenters. The molecule has 0 amide bonds. The molecule has 8 aliphatic heterocycles. The third-order valence-corrected chi connectivity index (χ3v) is 13.1. The van der Waals surface area contributed by atoms with E-state index in [1.165, 1.54) is 0 Å². The highest BCUT2D eigenvalue weighted by Gasteiger charge is 2.29. The maximum absolute atomic E-state index is 6.34. The van der Waals surface area contributed by atoms with Crippen LogP contribution in [-0.4, -0.2) is 363 Å². The zero-order valence-electron chi connectivity index (χ0n) is 51.0. The van der Waals surface area contributed by atoms with Crippen molar-refractivity contribution in [3.8, 4) is 0 Å². The van der Waals surface area contributed by atoms with Gasteiger partial charge in [-0.05, 0) is 0 Å². The first kappa shape index (κ1) is 73.0. The van der Waals surface area contributed by atoms with Crippen molar-refractivity contribution in [3.05, 3.63) is 13.2 Å². The normalized spacial score (nSPS) is 25.7. The van der Waals surface area contributed by atoms with E-state index in [1.807, 2.05) is 0 Å². The number of hydrogen-bond donors (Lipinski definition) is 0. The Balaban J connectivity index is 0.00000535. The molecule has 8 aliphatic rings. The highest BCUT2D eigenvalue weighted by atomic mass is 17.2. The number of hydrogen-bond acceptors (Lipinski definition) is 29. The Kier molecular flexibility index (Phi) is 39.8. The van der Waals surface area contributed by atoms with Gasteiger partial charge >= 0.3 is 0 Å². The lowest BCUT2D eigenvalue weighted by Crippen LogP contribution is -2.36. The van der Waals surface area contributed by atoms with Crippen LogP contribution in [-0.2, 0) is 138 Å². The average Bonchev–Trinajstić information content (AvgIpc) is 4.40. The summed E-state index contributed by atoms with van der Waals surface area (Å²) in [6.45, 7) is 23.2. The van der Waals surface area contributed by atoms with Crippen molar-refractivity contribution in [1.82, 2.24) is 0 Å². The molecule has 0 N–H and O–H groups in total. The Morgan fingerprint density at radius 3 is 0.598 bits per heavy atom. The summed E-state index contributed by atoms with van der Waals surface area (Å²) in [5, 5.41) is 0. The third-order valence-electron chi connectivity index (χ3n) is 13.1. The molecule has 0 aliphatic carbocycles. The van der Waals surface area contributed by atoms with Crippen LogP contribution in [0.1, 0.15) is 0 Å². The second kappa shape index (κ2) is 47.5. The smallest absolute Gasteiger partial charge is 0.111 e. The highest BCUT2D eigenvalue weighted by molar-refractivity contribution is 4.73. The maximum Gasteiger partial charge on any atom is 0.111 e. The molecule has 508 valence electrons. The Morgan fingerprint density at radius 2 is 0.379 bits per heavy atom. The maximum atomic E-state index is 6.34. The van der Waals surface area contributed by atoms with Crippen LogP contribution in [0.4, 0.5) is 0 Å². The van der Waals surface area contributed by atoms with Crippen LogP contribution in [0.3, 0.4) is 0 Å². The molecule has 87 heavy (non-hydrogen) atoms. The molecule has 0 aromatic rings. The van der Waals surface area contributed by atoms with Crippen LogP contribution in [0.25, 0.3) is 0 Å². The third kappa shape index (κ3) is 42.4. The summed E-state index contributed by atoms with van der Waals surface area (Å²) in [7, 11) is 0. The lowest BCUT2D eigenvalue weighted by molar-refractivity contribution is -0.311. The summed E-state index contributed by atoms with van der Waals surface area (Å²) in [5.41, 5.74) is 0. The predicted molar refractivity (Wildman–Crippen MR) is 300 cm³/mol. The molecule has 8 saturated heterocycles. The van der Waals surface area contributed by atoms with Crippen LogP contribution in [0.15, 0.2) is 13.2 Å². The van der Waals surface area contributed by atoms with Gasteiger partial charge in [0.25, 0.3) is 0 Å². The standard InChI is InChI=1S/C56H98O29.C2H4/c1(2-58-16-48-33-76-48)57-15-43(70-9-3-59-17-49-34-77-49)23-65-24-44(71-10-4-60-18-50-35-78-50)25-66-26-45(72-11-5-61-19-51-36-79-51)27-67-28-46(73-12-6-62-20-52-37-80-52)29-68-30-47(74-13-7-63-21-53-38-81-53)31-69-32-55(41-84-85-42-56-40-83-56)75-14-8-64-22-54-39-82-54;1-2/h43-56H,1-42H2;1-2H2. The van der Waals surface area contributed by atoms with Gasteiger partial charge in [-0.3, -0.25) is 0 Å². The van der Waals surface area contributed by atoms with E-state index in [2.05, 4.69) is 13.2 Å². The van der Waals surface area contributed by atoms with E-state index >= 15 is 0 Å². The van der Waals surface area contributed by atoms with Gasteiger partial charge in [0, 0.05) is 0 Å². The van der Waals surface area contributed by atoms with Gasteiger partial charge in [-0.15, -0.1) is 13.2 Å². The van der Waals surface area contributed by atoms with Gasteiger partial charge in [0.15, 0.2) is 0 Å². The molecule has 8 fully saturated rings. The Hall–Kier alpha value is -1.42. The summed E-state index contributed by atoms with van der Waals surface area (Å²) in [6, 6.07) is 0. The summed E-state index contributed by atoms with van der Waals surface area (Å²) < 4.78 is 157. The molecule has 14 atom stereocenters. The number of epoxide rings is 8. The predicted octanol–water partition coefficient (Wildman–Crippen LogP) is -0.546. The molecule has 8 rings (SSSR count). The first-order valence-corrected chi connectivity index (χ1v) is 31.0. The largest absolute Gasteiger partial charge is 0.376 e. The quantitative estimate of drug-likeness (QED) is 0.0243. The molecule has 0 radical (unpaired) electrons. The Morgan fingerprint density at radius 1 is 0.207 bits per heavy atom. The topological polar surface area (TPSA) is 294 Å². The van der Waals surface area contributed by atoms with E-state index in [-0.39, 0.29) is 128 Å². The number of ether oxygens (including phenoxy) is 27. The van der Waals surface area contributed by atoms with E-state index in [0.29, 0.717) is 185 Å². The van der Waals surface area contributed by atoms with Crippen LogP contribution in [0.2, 0.25) is 0 Å². The van der Waals surface area contributed by atoms with Crippen molar-refractivity contribution in [2.75, 3.05) is 277 Å². The highest BCUT2D eigenvalue weighted by Crippen LogP contribution is 2.15. The SMILES string of the molecule is C(COCC1CO1)OCC(COCC(COCC(COCC(COCC(COCC(COOCC1CO1)OCCOCC1CO1)OCCOCC1CO1)OCCOCC1CO1)OCCOCC1CO1)OCCOCC1CO1)OCCOCC1CO1.C=C. The molecule has 29 nitrogen and oxygen atoms in total. The van der Waals surface area contributed by atoms with E-state index in [4.69, 9.17) is 138 Å². The zero-order valence-corrected chi connectivity index (χ0v) is 51.0. The Bertz CT molecular complexity index is 1610. The molecule has 0 aromatic heterocycles. The van der Waals surface area contributed by atoms with Crippen molar-refractivity contribution in [2.24, 2.45) is 0 Å². The molecule has 0 aromatic carbocycles. The van der Waals surface area contributed by atoms with Gasteiger partial charge in [0.1, 0.15) is 98.7 Å². The van der Waals surface area contributed by atoms with Crippen LogP contribution < -0.4 is 0 Å². The lowest BCUT2D eigenvalue weighted by atomic mass is 10.3. The zero-order chi connectivity index (χ0) is 60.3. The molecular weight excluding hydrogens is 1160 g/mol.